The van der Waals surface area contributed by atoms with E-state index in [1.807, 2.05) is 31.2 Å². The number of nitrogens with zero attached hydrogens (tertiary/aromatic N) is 3. The van der Waals surface area contributed by atoms with Crippen molar-refractivity contribution in [2.75, 3.05) is 25.5 Å². The van der Waals surface area contributed by atoms with E-state index >= 15 is 0 Å². The van der Waals surface area contributed by atoms with Crippen molar-refractivity contribution in [1.29, 1.82) is 0 Å². The number of carbonyl (C=O) groups is 1. The minimum atomic E-state index is -1.57. The molecule has 0 fully saturated rings. The summed E-state index contributed by atoms with van der Waals surface area (Å²) in [5, 5.41) is 0. The van der Waals surface area contributed by atoms with Crippen LogP contribution in [0.2, 0.25) is 0 Å². The van der Waals surface area contributed by atoms with Gasteiger partial charge in [0.25, 0.3) is 5.56 Å². The fraction of sp³-hybridized carbons (Fsp3) is 0.250. The van der Waals surface area contributed by atoms with Crippen LogP contribution in [0.5, 0.6) is 5.75 Å². The predicted molar refractivity (Wildman–Crippen MR) is 136 cm³/mol. The van der Waals surface area contributed by atoms with Crippen LogP contribution >= 0.6 is 8.38 Å². The molecule has 4 rings (SSSR count). The topological polar surface area (TPSA) is 153 Å². The van der Waals surface area contributed by atoms with Gasteiger partial charge >= 0.3 is 6.16 Å². The summed E-state index contributed by atoms with van der Waals surface area (Å²) in [5.74, 6) is 0.367. The maximum atomic E-state index is 11.9. The summed E-state index contributed by atoms with van der Waals surface area (Å²) in [4.78, 5) is 34.5. The van der Waals surface area contributed by atoms with Crippen molar-refractivity contribution < 1.29 is 28.1 Å². The quantitative estimate of drug-likeness (QED) is 0.0917. The zero-order valence-electron chi connectivity index (χ0n) is 20.0. The van der Waals surface area contributed by atoms with Crippen molar-refractivity contribution in [3.05, 3.63) is 82.4 Å². The van der Waals surface area contributed by atoms with E-state index in [-0.39, 0.29) is 31.2 Å². The zero-order chi connectivity index (χ0) is 26.0. The number of hydrogen-bond donors (Lipinski definition) is 2. The number of para-hydroxylation sites is 1. The second kappa shape index (κ2) is 12.9. The molecule has 0 aliphatic heterocycles. The molecule has 3 N–H and O–H groups in total. The van der Waals surface area contributed by atoms with Gasteiger partial charge in [-0.15, -0.1) is 0 Å². The molecule has 37 heavy (non-hydrogen) atoms. The molecule has 0 saturated carbocycles. The number of H-pyrrole nitrogens is 1. The van der Waals surface area contributed by atoms with Crippen LogP contribution in [0, 0.1) is 6.92 Å². The third-order valence-corrected chi connectivity index (χ3v) is 6.18. The second-order valence-corrected chi connectivity index (χ2v) is 9.19. The van der Waals surface area contributed by atoms with Gasteiger partial charge in [0.1, 0.15) is 12.1 Å². The number of aryl methyl sites for hydroxylation is 1. The van der Waals surface area contributed by atoms with Crippen molar-refractivity contribution in [2.24, 2.45) is 0 Å². The summed E-state index contributed by atoms with van der Waals surface area (Å²) in [6, 6.07) is 16.5. The molecule has 1 atom stereocenters. The molecular weight excluding hydrogens is 501 g/mol. The molecule has 0 amide bonds. The average molecular weight is 527 g/mol. The van der Waals surface area contributed by atoms with Crippen molar-refractivity contribution in [3.8, 4) is 5.75 Å². The first kappa shape index (κ1) is 26.2. The molecule has 1 unspecified atom stereocenters. The summed E-state index contributed by atoms with van der Waals surface area (Å²) in [6.45, 7) is 2.55. The number of imidazole rings is 1. The minimum Gasteiger partial charge on any atom is -0.406 e. The molecule has 0 aliphatic carbocycles. The maximum Gasteiger partial charge on any atom is 0.515 e. The second-order valence-electron chi connectivity index (χ2n) is 7.75. The summed E-state index contributed by atoms with van der Waals surface area (Å²) in [7, 11) is -1.57. The number of anilines is 1. The predicted octanol–water partition coefficient (Wildman–Crippen LogP) is 3.70. The highest BCUT2D eigenvalue weighted by Crippen LogP contribution is 2.39. The summed E-state index contributed by atoms with van der Waals surface area (Å²) < 4.78 is 29.0. The average Bonchev–Trinajstić information content (AvgIpc) is 3.29. The Kier molecular flexibility index (Phi) is 9.17. The highest BCUT2D eigenvalue weighted by atomic mass is 31.2. The molecule has 2 aromatic heterocycles. The highest BCUT2D eigenvalue weighted by molar-refractivity contribution is 7.46. The normalized spacial score (nSPS) is 11.9. The molecule has 2 heterocycles. The van der Waals surface area contributed by atoms with E-state index in [0.29, 0.717) is 24.5 Å². The molecule has 194 valence electrons. The van der Waals surface area contributed by atoms with E-state index in [9.17, 15) is 9.59 Å². The lowest BCUT2D eigenvalue weighted by Crippen LogP contribution is -2.14. The Bertz CT molecular complexity index is 1360. The van der Waals surface area contributed by atoms with E-state index in [4.69, 9.17) is 29.0 Å². The molecule has 2 aromatic carbocycles. The lowest BCUT2D eigenvalue weighted by Gasteiger charge is -2.18. The minimum absolute atomic E-state index is 0.00684. The Hall–Kier alpha value is -3.83. The Balaban J connectivity index is 1.28. The Morgan fingerprint density at radius 2 is 1.89 bits per heavy atom. The lowest BCUT2D eigenvalue weighted by molar-refractivity contribution is 0.0244. The largest absolute Gasteiger partial charge is 0.515 e. The molecule has 0 aliphatic rings. The van der Waals surface area contributed by atoms with Crippen LogP contribution in [0.4, 0.5) is 10.7 Å². The van der Waals surface area contributed by atoms with E-state index in [2.05, 4.69) is 15.0 Å². The van der Waals surface area contributed by atoms with Crippen molar-refractivity contribution >= 4 is 31.6 Å². The van der Waals surface area contributed by atoms with Gasteiger partial charge in [0, 0.05) is 6.54 Å². The smallest absolute Gasteiger partial charge is 0.406 e. The first-order chi connectivity index (χ1) is 18.0. The monoisotopic (exact) mass is 527 g/mol. The standard InChI is InChI=1S/C24H26N5O7P/c1-17-7-9-18(10-8-17)13-34-37(35-15-33-24(31)36-19-5-3-2-4-6-19)16-32-12-11-29-14-26-20-21(29)27-23(25)28-22(20)30/h2-10,14H,11-13,15-16H2,1H3,(H3,25,27,28,30). The van der Waals surface area contributed by atoms with Crippen LogP contribution in [0.1, 0.15) is 11.1 Å². The highest BCUT2D eigenvalue weighted by Gasteiger charge is 2.15. The molecule has 12 nitrogen and oxygen atoms in total. The SMILES string of the molecule is Cc1ccc(COP(COCCn2cnc3c(=O)[nH]c(N)nc32)OCOC(=O)Oc2ccccc2)cc1. The molecule has 0 spiro atoms. The van der Waals surface area contributed by atoms with Crippen molar-refractivity contribution in [1.82, 2.24) is 19.5 Å². The number of rotatable bonds is 12. The summed E-state index contributed by atoms with van der Waals surface area (Å²) >= 11 is 0. The number of aromatic nitrogens is 4. The number of nitrogens with two attached hydrogens (primary N) is 1. The molecule has 4 aromatic rings. The Labute approximate surface area is 213 Å². The van der Waals surface area contributed by atoms with Gasteiger partial charge in [-0.1, -0.05) is 48.0 Å². The van der Waals surface area contributed by atoms with Gasteiger partial charge in [0.15, 0.2) is 11.2 Å². The fourth-order valence-corrected chi connectivity index (χ4v) is 4.09. The molecule has 0 radical (unpaired) electrons. The van der Waals surface area contributed by atoms with Crippen molar-refractivity contribution in [2.45, 2.75) is 20.1 Å². The molecule has 13 heteroatoms. The fourth-order valence-electron chi connectivity index (χ4n) is 3.13. The van der Waals surface area contributed by atoms with Gasteiger partial charge in [-0.3, -0.25) is 14.3 Å². The molecular formula is C24H26N5O7P. The number of hydrogen-bond acceptors (Lipinski definition) is 10. The van der Waals surface area contributed by atoms with Crippen LogP contribution < -0.4 is 16.0 Å². The number of fused-ring (bicyclic) bond motifs is 1. The van der Waals surface area contributed by atoms with E-state index in [0.717, 1.165) is 11.1 Å². The maximum absolute atomic E-state index is 11.9. The van der Waals surface area contributed by atoms with Crippen LogP contribution in [0.25, 0.3) is 11.2 Å². The number of ether oxygens (including phenoxy) is 3. The summed E-state index contributed by atoms with van der Waals surface area (Å²) in [5.41, 5.74) is 7.89. The van der Waals surface area contributed by atoms with Gasteiger partial charge in [0.05, 0.1) is 19.5 Å². The van der Waals surface area contributed by atoms with Crippen LogP contribution in [0.3, 0.4) is 0 Å². The molecule has 0 saturated heterocycles. The van der Waals surface area contributed by atoms with Gasteiger partial charge in [-0.2, -0.15) is 4.98 Å². The van der Waals surface area contributed by atoms with Crippen LogP contribution in [-0.2, 0) is 31.7 Å². The number of carbonyl (C=O) groups excluding carboxylic acids is 1. The third-order valence-electron chi connectivity index (χ3n) is 4.98. The summed E-state index contributed by atoms with van der Waals surface area (Å²) in [6.07, 6.45) is 0.713. The van der Waals surface area contributed by atoms with E-state index < -0.39 is 20.1 Å². The van der Waals surface area contributed by atoms with E-state index in [1.54, 1.807) is 34.9 Å². The van der Waals surface area contributed by atoms with Crippen LogP contribution in [0.15, 0.2) is 65.7 Å². The third kappa shape index (κ3) is 7.83. The lowest BCUT2D eigenvalue weighted by atomic mass is 10.2. The van der Waals surface area contributed by atoms with Crippen LogP contribution in [-0.4, -0.2) is 45.4 Å². The Morgan fingerprint density at radius 1 is 1.11 bits per heavy atom. The first-order valence-electron chi connectivity index (χ1n) is 11.2. The van der Waals surface area contributed by atoms with Crippen molar-refractivity contribution in [3.63, 3.8) is 0 Å². The van der Waals surface area contributed by atoms with Gasteiger partial charge in [0.2, 0.25) is 21.1 Å². The Morgan fingerprint density at radius 3 is 2.68 bits per heavy atom. The van der Waals surface area contributed by atoms with Gasteiger partial charge < -0.3 is 29.0 Å². The zero-order valence-corrected chi connectivity index (χ0v) is 20.9. The molecule has 0 bridgehead atoms. The number of nitrogen functional groups attached to an aromatic ring is 1. The first-order valence-corrected chi connectivity index (χ1v) is 12.6. The number of benzene rings is 2. The number of aromatic amines is 1. The van der Waals surface area contributed by atoms with Gasteiger partial charge in [-0.25, -0.2) is 9.78 Å². The number of nitrogens with one attached hydrogen (secondary N) is 1. The van der Waals surface area contributed by atoms with Gasteiger partial charge in [-0.05, 0) is 24.6 Å². The van der Waals surface area contributed by atoms with E-state index in [1.165, 1.54) is 6.33 Å².